The van der Waals surface area contributed by atoms with E-state index in [1.165, 1.54) is 30.3 Å². The number of hydrogen-bond acceptors (Lipinski definition) is 2. The third kappa shape index (κ3) is 4.32. The zero-order valence-corrected chi connectivity index (χ0v) is 11.7. The van der Waals surface area contributed by atoms with E-state index in [0.29, 0.717) is 0 Å². The second-order valence-corrected chi connectivity index (χ2v) is 4.65. The van der Waals surface area contributed by atoms with Crippen LogP contribution in [0.25, 0.3) is 6.08 Å². The summed E-state index contributed by atoms with van der Waals surface area (Å²) in [6.07, 6.45) is -2.62. The van der Waals surface area contributed by atoms with Crippen molar-refractivity contribution in [1.29, 1.82) is 0 Å². The van der Waals surface area contributed by atoms with E-state index in [-0.39, 0.29) is 16.9 Å². The molecule has 0 atom stereocenters. The van der Waals surface area contributed by atoms with Gasteiger partial charge >= 0.3 is 6.18 Å². The lowest BCUT2D eigenvalue weighted by Crippen LogP contribution is -2.10. The minimum absolute atomic E-state index is 0.149. The maximum Gasteiger partial charge on any atom is 0.416 e. The first-order chi connectivity index (χ1) is 10.8. The first-order valence-electron chi connectivity index (χ1n) is 6.47. The molecule has 0 radical (unpaired) electrons. The van der Waals surface area contributed by atoms with Crippen molar-refractivity contribution in [3.8, 4) is 0 Å². The summed E-state index contributed by atoms with van der Waals surface area (Å²) in [6.45, 7) is 0. The molecule has 0 aliphatic carbocycles. The maximum atomic E-state index is 13.5. The fraction of sp³-hybridized carbons (Fsp3) is 0.0625. The van der Waals surface area contributed by atoms with E-state index in [1.54, 1.807) is 0 Å². The molecule has 0 saturated heterocycles. The Morgan fingerprint density at radius 1 is 1.13 bits per heavy atom. The number of halogens is 4. The molecule has 0 spiro atoms. The van der Waals surface area contributed by atoms with Crippen LogP contribution in [0, 0.1) is 5.82 Å². The van der Waals surface area contributed by atoms with Gasteiger partial charge in [-0.25, -0.2) is 4.39 Å². The van der Waals surface area contributed by atoms with Crippen LogP contribution < -0.4 is 11.1 Å². The average Bonchev–Trinajstić information content (AvgIpc) is 2.48. The standard InChI is InChI=1S/C16H12F4N2O/c17-13-7-6-11(21)9-14(13)22-15(23)8-5-10-3-1-2-4-12(10)16(18,19)20/h1-9H,21H2,(H,22,23)/b8-5+. The van der Waals surface area contributed by atoms with Gasteiger partial charge in [-0.1, -0.05) is 18.2 Å². The third-order valence-corrected chi connectivity index (χ3v) is 2.93. The molecule has 0 unspecified atom stereocenters. The van der Waals surface area contributed by atoms with E-state index in [0.717, 1.165) is 24.3 Å². The van der Waals surface area contributed by atoms with Crippen LogP contribution in [-0.4, -0.2) is 5.91 Å². The SMILES string of the molecule is Nc1ccc(F)c(NC(=O)/C=C/c2ccccc2C(F)(F)F)c1. The van der Waals surface area contributed by atoms with Crippen molar-refractivity contribution in [3.63, 3.8) is 0 Å². The molecule has 7 heteroatoms. The number of nitrogens with one attached hydrogen (secondary N) is 1. The second-order valence-electron chi connectivity index (χ2n) is 4.65. The van der Waals surface area contributed by atoms with Gasteiger partial charge in [-0.15, -0.1) is 0 Å². The molecular formula is C16H12F4N2O. The molecule has 0 bridgehead atoms. The highest BCUT2D eigenvalue weighted by Gasteiger charge is 2.32. The monoisotopic (exact) mass is 324 g/mol. The van der Waals surface area contributed by atoms with Crippen molar-refractivity contribution in [2.24, 2.45) is 0 Å². The van der Waals surface area contributed by atoms with Gasteiger partial charge < -0.3 is 11.1 Å². The summed E-state index contributed by atoms with van der Waals surface area (Å²) in [5.41, 5.74) is 4.54. The number of rotatable bonds is 3. The molecule has 3 nitrogen and oxygen atoms in total. The van der Waals surface area contributed by atoms with E-state index in [2.05, 4.69) is 5.32 Å². The van der Waals surface area contributed by atoms with Gasteiger partial charge in [0.25, 0.3) is 0 Å². The van der Waals surface area contributed by atoms with E-state index >= 15 is 0 Å². The van der Waals surface area contributed by atoms with Crippen molar-refractivity contribution in [3.05, 3.63) is 65.5 Å². The maximum absolute atomic E-state index is 13.5. The molecule has 2 aromatic rings. The Labute approximate surface area is 129 Å². The topological polar surface area (TPSA) is 55.1 Å². The Hall–Kier alpha value is -2.83. The van der Waals surface area contributed by atoms with Gasteiger partial charge in [0, 0.05) is 11.8 Å². The van der Waals surface area contributed by atoms with Gasteiger partial charge in [0.2, 0.25) is 5.91 Å². The van der Waals surface area contributed by atoms with Gasteiger partial charge in [0.05, 0.1) is 11.3 Å². The number of anilines is 2. The van der Waals surface area contributed by atoms with Gasteiger partial charge in [-0.3, -0.25) is 4.79 Å². The highest BCUT2D eigenvalue weighted by molar-refractivity contribution is 6.02. The highest BCUT2D eigenvalue weighted by Crippen LogP contribution is 2.32. The van der Waals surface area contributed by atoms with Crippen LogP contribution >= 0.6 is 0 Å². The average molecular weight is 324 g/mol. The Bertz CT molecular complexity index is 754. The summed E-state index contributed by atoms with van der Waals surface area (Å²) in [5.74, 6) is -1.47. The zero-order valence-electron chi connectivity index (χ0n) is 11.7. The molecule has 2 rings (SSSR count). The molecule has 0 aromatic heterocycles. The lowest BCUT2D eigenvalue weighted by atomic mass is 10.1. The van der Waals surface area contributed by atoms with Gasteiger partial charge in [0.15, 0.2) is 0 Å². The zero-order chi connectivity index (χ0) is 17.0. The van der Waals surface area contributed by atoms with Crippen LogP contribution in [-0.2, 0) is 11.0 Å². The normalized spacial score (nSPS) is 11.7. The van der Waals surface area contributed by atoms with Gasteiger partial charge in [-0.05, 0) is 35.9 Å². The highest BCUT2D eigenvalue weighted by atomic mass is 19.4. The summed E-state index contributed by atoms with van der Waals surface area (Å²) >= 11 is 0. The summed E-state index contributed by atoms with van der Waals surface area (Å²) < 4.78 is 51.9. The summed E-state index contributed by atoms with van der Waals surface area (Å²) in [7, 11) is 0. The predicted octanol–water partition coefficient (Wildman–Crippen LogP) is 4.08. The van der Waals surface area contributed by atoms with Crippen LogP contribution in [0.3, 0.4) is 0 Å². The minimum atomic E-state index is -4.53. The fourth-order valence-electron chi connectivity index (χ4n) is 1.88. The second kappa shape index (κ2) is 6.51. The molecule has 2 aromatic carbocycles. The smallest absolute Gasteiger partial charge is 0.399 e. The molecule has 0 heterocycles. The van der Waals surface area contributed by atoms with E-state index in [9.17, 15) is 22.4 Å². The van der Waals surface area contributed by atoms with Crippen LogP contribution in [0.4, 0.5) is 28.9 Å². The fourth-order valence-corrected chi connectivity index (χ4v) is 1.88. The Kier molecular flexibility index (Phi) is 4.68. The Morgan fingerprint density at radius 2 is 1.83 bits per heavy atom. The molecule has 0 aliphatic heterocycles. The molecule has 3 N–H and O–H groups in total. The molecule has 1 amide bonds. The van der Waals surface area contributed by atoms with E-state index in [1.807, 2.05) is 0 Å². The van der Waals surface area contributed by atoms with E-state index in [4.69, 9.17) is 5.73 Å². The van der Waals surface area contributed by atoms with Gasteiger partial charge in [0.1, 0.15) is 5.82 Å². The lowest BCUT2D eigenvalue weighted by molar-refractivity contribution is -0.137. The molecule has 0 saturated carbocycles. The number of carbonyl (C=O) groups is 1. The number of hydrogen-bond donors (Lipinski definition) is 2. The lowest BCUT2D eigenvalue weighted by Gasteiger charge is -2.09. The predicted molar refractivity (Wildman–Crippen MR) is 79.9 cm³/mol. The number of amides is 1. The number of nitrogen functional groups attached to an aromatic ring is 1. The summed E-state index contributed by atoms with van der Waals surface area (Å²) in [4.78, 5) is 11.7. The molecule has 0 fully saturated rings. The number of nitrogens with two attached hydrogens (primary N) is 1. The van der Waals surface area contributed by atoms with Crippen molar-refractivity contribution < 1.29 is 22.4 Å². The van der Waals surface area contributed by atoms with E-state index < -0.39 is 23.5 Å². The van der Waals surface area contributed by atoms with Gasteiger partial charge in [-0.2, -0.15) is 13.2 Å². The van der Waals surface area contributed by atoms with Crippen molar-refractivity contribution in [2.45, 2.75) is 6.18 Å². The van der Waals surface area contributed by atoms with Crippen LogP contribution in [0.1, 0.15) is 11.1 Å². The number of benzene rings is 2. The Morgan fingerprint density at radius 3 is 2.52 bits per heavy atom. The molecule has 120 valence electrons. The third-order valence-electron chi connectivity index (χ3n) is 2.93. The summed E-state index contributed by atoms with van der Waals surface area (Å²) in [6, 6.07) is 8.42. The van der Waals surface area contributed by atoms with Crippen LogP contribution in [0.15, 0.2) is 48.5 Å². The molecule has 23 heavy (non-hydrogen) atoms. The van der Waals surface area contributed by atoms with Crippen LogP contribution in [0.5, 0.6) is 0 Å². The first kappa shape index (κ1) is 16.5. The van der Waals surface area contributed by atoms with Crippen molar-refractivity contribution in [2.75, 3.05) is 11.1 Å². The molecular weight excluding hydrogens is 312 g/mol. The van der Waals surface area contributed by atoms with Crippen molar-refractivity contribution >= 4 is 23.4 Å². The summed E-state index contributed by atoms with van der Waals surface area (Å²) in [5, 5.41) is 2.22. The first-order valence-corrected chi connectivity index (χ1v) is 6.47. The quantitative estimate of drug-likeness (QED) is 0.508. The van der Waals surface area contributed by atoms with Crippen LogP contribution in [0.2, 0.25) is 0 Å². The Balaban J connectivity index is 2.18. The minimum Gasteiger partial charge on any atom is -0.399 e. The number of alkyl halides is 3. The largest absolute Gasteiger partial charge is 0.416 e. The number of carbonyl (C=O) groups excluding carboxylic acids is 1. The van der Waals surface area contributed by atoms with Crippen molar-refractivity contribution in [1.82, 2.24) is 0 Å². The molecule has 0 aliphatic rings.